The molecule has 5 heteroatoms. The monoisotopic (exact) mass is 205 g/mol. The van der Waals surface area contributed by atoms with E-state index < -0.39 is 0 Å². The fourth-order valence-electron chi connectivity index (χ4n) is 1.67. The van der Waals surface area contributed by atoms with Gasteiger partial charge in [0, 0.05) is 31.5 Å². The third kappa shape index (κ3) is 1.55. The lowest BCUT2D eigenvalue weighted by Gasteiger charge is -2.11. The second kappa shape index (κ2) is 3.51. The average molecular weight is 205 g/mol. The van der Waals surface area contributed by atoms with Gasteiger partial charge in [-0.3, -0.25) is 9.36 Å². The van der Waals surface area contributed by atoms with Gasteiger partial charge in [-0.15, -0.1) is 0 Å². The van der Waals surface area contributed by atoms with Crippen LogP contribution in [-0.2, 0) is 14.1 Å². The molecule has 1 unspecified atom stereocenters. The Morgan fingerprint density at radius 1 is 1.27 bits per heavy atom. The summed E-state index contributed by atoms with van der Waals surface area (Å²) in [5, 5.41) is 8.29. The molecular weight excluding hydrogens is 190 g/mol. The lowest BCUT2D eigenvalue weighted by molar-refractivity contribution is 0.668. The summed E-state index contributed by atoms with van der Waals surface area (Å²) < 4.78 is 3.61. The van der Waals surface area contributed by atoms with Gasteiger partial charge in [-0.2, -0.15) is 10.2 Å². The average Bonchev–Trinajstić information content (AvgIpc) is 2.75. The van der Waals surface area contributed by atoms with Crippen LogP contribution in [0.4, 0.5) is 0 Å². The minimum Gasteiger partial charge on any atom is -0.319 e. The molecule has 0 radical (unpaired) electrons. The maximum Gasteiger partial charge on any atom is 0.0756 e. The van der Waals surface area contributed by atoms with Crippen molar-refractivity contribution in [2.75, 3.05) is 0 Å². The number of nitrogens with zero attached hydrogens (tertiary/aromatic N) is 4. The Labute approximate surface area is 88.5 Å². The van der Waals surface area contributed by atoms with Crippen LogP contribution in [0.3, 0.4) is 0 Å². The van der Waals surface area contributed by atoms with E-state index >= 15 is 0 Å². The van der Waals surface area contributed by atoms with Crippen LogP contribution in [0.15, 0.2) is 18.5 Å². The van der Waals surface area contributed by atoms with Gasteiger partial charge in [0.2, 0.25) is 0 Å². The molecule has 0 amide bonds. The first kappa shape index (κ1) is 9.92. The molecule has 80 valence electrons. The highest BCUT2D eigenvalue weighted by Gasteiger charge is 2.16. The van der Waals surface area contributed by atoms with Crippen molar-refractivity contribution < 1.29 is 0 Å². The largest absolute Gasteiger partial charge is 0.319 e. The van der Waals surface area contributed by atoms with Crippen LogP contribution in [0.25, 0.3) is 0 Å². The van der Waals surface area contributed by atoms with E-state index in [2.05, 4.69) is 10.2 Å². The molecule has 2 rings (SSSR count). The Kier molecular flexibility index (Phi) is 2.32. The third-order valence-electron chi connectivity index (χ3n) is 2.79. The molecule has 0 aliphatic carbocycles. The quantitative estimate of drug-likeness (QED) is 0.777. The summed E-state index contributed by atoms with van der Waals surface area (Å²) in [7, 11) is 3.80. The Balaban J connectivity index is 2.41. The molecule has 2 aromatic heterocycles. The van der Waals surface area contributed by atoms with Gasteiger partial charge in [-0.25, -0.2) is 0 Å². The van der Waals surface area contributed by atoms with E-state index in [1.54, 1.807) is 10.9 Å². The Bertz CT molecular complexity index is 468. The van der Waals surface area contributed by atoms with Gasteiger partial charge in [-0.05, 0) is 13.0 Å². The summed E-state index contributed by atoms with van der Waals surface area (Å²) in [6, 6.07) is 1.77. The molecule has 5 nitrogen and oxygen atoms in total. The zero-order valence-electron chi connectivity index (χ0n) is 9.18. The van der Waals surface area contributed by atoms with Crippen LogP contribution in [0.5, 0.6) is 0 Å². The highest BCUT2D eigenvalue weighted by atomic mass is 15.3. The van der Waals surface area contributed by atoms with Crippen LogP contribution >= 0.6 is 0 Å². The predicted molar refractivity (Wildman–Crippen MR) is 57.2 cm³/mol. The first-order valence-electron chi connectivity index (χ1n) is 4.83. The summed E-state index contributed by atoms with van der Waals surface area (Å²) in [5.74, 6) is 0. The molecule has 0 aromatic carbocycles. The Hall–Kier alpha value is -1.62. The summed E-state index contributed by atoms with van der Waals surface area (Å²) in [6.45, 7) is 2.01. The fourth-order valence-corrected chi connectivity index (χ4v) is 1.67. The van der Waals surface area contributed by atoms with Crippen LogP contribution in [0, 0.1) is 6.92 Å². The highest BCUT2D eigenvalue weighted by molar-refractivity contribution is 5.28. The van der Waals surface area contributed by atoms with Gasteiger partial charge in [0.15, 0.2) is 0 Å². The zero-order chi connectivity index (χ0) is 11.0. The zero-order valence-corrected chi connectivity index (χ0v) is 9.18. The third-order valence-corrected chi connectivity index (χ3v) is 2.79. The molecule has 0 fully saturated rings. The standard InChI is InChI=1S/C10H15N5/c1-7-8(6-13-14(7)2)10(11)9-4-5-12-15(9)3/h4-6,10H,11H2,1-3H3. The molecule has 0 saturated carbocycles. The molecular formula is C10H15N5. The molecule has 2 aromatic rings. The summed E-state index contributed by atoms with van der Waals surface area (Å²) in [5.41, 5.74) is 9.28. The summed E-state index contributed by atoms with van der Waals surface area (Å²) in [4.78, 5) is 0. The maximum absolute atomic E-state index is 6.16. The van der Waals surface area contributed by atoms with E-state index in [4.69, 9.17) is 5.73 Å². The maximum atomic E-state index is 6.16. The molecule has 0 bridgehead atoms. The van der Waals surface area contributed by atoms with Crippen molar-refractivity contribution in [3.8, 4) is 0 Å². The molecule has 0 aliphatic heterocycles. The van der Waals surface area contributed by atoms with E-state index in [-0.39, 0.29) is 6.04 Å². The van der Waals surface area contributed by atoms with Gasteiger partial charge in [-0.1, -0.05) is 0 Å². The lowest BCUT2D eigenvalue weighted by Crippen LogP contribution is -2.16. The smallest absolute Gasteiger partial charge is 0.0756 e. The normalized spacial score (nSPS) is 13.1. The van der Waals surface area contributed by atoms with E-state index in [0.29, 0.717) is 0 Å². The number of aryl methyl sites for hydroxylation is 2. The predicted octanol–water partition coefficient (Wildman–Crippen LogP) is 0.510. The molecule has 0 spiro atoms. The second-order valence-electron chi connectivity index (χ2n) is 3.67. The van der Waals surface area contributed by atoms with Gasteiger partial charge in [0.25, 0.3) is 0 Å². The van der Waals surface area contributed by atoms with Crippen molar-refractivity contribution in [3.05, 3.63) is 35.4 Å². The van der Waals surface area contributed by atoms with E-state index in [0.717, 1.165) is 17.0 Å². The van der Waals surface area contributed by atoms with Crippen molar-refractivity contribution in [3.63, 3.8) is 0 Å². The number of rotatable bonds is 2. The van der Waals surface area contributed by atoms with E-state index in [1.807, 2.05) is 38.0 Å². The molecule has 0 aliphatic rings. The lowest BCUT2D eigenvalue weighted by atomic mass is 10.1. The van der Waals surface area contributed by atoms with Crippen LogP contribution in [-0.4, -0.2) is 19.6 Å². The number of aromatic nitrogens is 4. The Morgan fingerprint density at radius 3 is 2.47 bits per heavy atom. The number of hydrogen-bond acceptors (Lipinski definition) is 3. The first-order chi connectivity index (χ1) is 7.11. The van der Waals surface area contributed by atoms with Crippen LogP contribution < -0.4 is 5.73 Å². The van der Waals surface area contributed by atoms with Crippen LogP contribution in [0.2, 0.25) is 0 Å². The number of nitrogens with two attached hydrogens (primary N) is 1. The second-order valence-corrected chi connectivity index (χ2v) is 3.67. The molecule has 2 heterocycles. The van der Waals surface area contributed by atoms with Crippen molar-refractivity contribution in [1.29, 1.82) is 0 Å². The van der Waals surface area contributed by atoms with Gasteiger partial charge in [0.05, 0.1) is 17.9 Å². The van der Waals surface area contributed by atoms with Crippen molar-refractivity contribution in [2.24, 2.45) is 19.8 Å². The van der Waals surface area contributed by atoms with E-state index in [9.17, 15) is 0 Å². The molecule has 0 saturated heterocycles. The topological polar surface area (TPSA) is 61.7 Å². The molecule has 2 N–H and O–H groups in total. The fraction of sp³-hybridized carbons (Fsp3) is 0.400. The van der Waals surface area contributed by atoms with Crippen molar-refractivity contribution >= 4 is 0 Å². The molecule has 15 heavy (non-hydrogen) atoms. The highest BCUT2D eigenvalue weighted by Crippen LogP contribution is 2.20. The molecule has 1 atom stereocenters. The minimum atomic E-state index is -0.161. The minimum absolute atomic E-state index is 0.161. The van der Waals surface area contributed by atoms with Gasteiger partial charge < -0.3 is 5.73 Å². The van der Waals surface area contributed by atoms with Crippen molar-refractivity contribution in [1.82, 2.24) is 19.6 Å². The SMILES string of the molecule is Cc1c(C(N)c2ccnn2C)cnn1C. The summed E-state index contributed by atoms with van der Waals surface area (Å²) in [6.07, 6.45) is 3.56. The van der Waals surface area contributed by atoms with E-state index in [1.165, 1.54) is 0 Å². The van der Waals surface area contributed by atoms with Gasteiger partial charge in [0.1, 0.15) is 0 Å². The first-order valence-corrected chi connectivity index (χ1v) is 4.83. The van der Waals surface area contributed by atoms with Crippen LogP contribution in [0.1, 0.15) is 23.0 Å². The number of hydrogen-bond donors (Lipinski definition) is 1. The van der Waals surface area contributed by atoms with Crippen molar-refractivity contribution in [2.45, 2.75) is 13.0 Å². The van der Waals surface area contributed by atoms with Gasteiger partial charge >= 0.3 is 0 Å². The Morgan fingerprint density at radius 2 is 2.00 bits per heavy atom. The summed E-state index contributed by atoms with van der Waals surface area (Å²) >= 11 is 0.